The van der Waals surface area contributed by atoms with Crippen molar-refractivity contribution in [3.63, 3.8) is 0 Å². The summed E-state index contributed by atoms with van der Waals surface area (Å²) < 4.78 is 18.4. The minimum atomic E-state index is -0.299. The van der Waals surface area contributed by atoms with Crippen molar-refractivity contribution < 1.29 is 9.13 Å². The van der Waals surface area contributed by atoms with Crippen molar-refractivity contribution in [1.82, 2.24) is 5.32 Å². The van der Waals surface area contributed by atoms with E-state index in [4.69, 9.17) is 16.3 Å². The zero-order valence-electron chi connectivity index (χ0n) is 11.9. The van der Waals surface area contributed by atoms with Gasteiger partial charge in [-0.05, 0) is 57.9 Å². The molecule has 1 aromatic carbocycles. The molecule has 1 aromatic rings. The van der Waals surface area contributed by atoms with Crippen LogP contribution < -0.4 is 5.32 Å². The standard InChI is InChI=1S/C15H23ClFNO/c1-11(2)19-9-5-4-8-18-12(3)14-7-6-13(17)10-15(14)16/h6-7,10-12,18H,4-5,8-9H2,1-3H3. The molecule has 0 heterocycles. The molecule has 1 unspecified atom stereocenters. The molecule has 108 valence electrons. The molecular weight excluding hydrogens is 265 g/mol. The summed E-state index contributed by atoms with van der Waals surface area (Å²) in [6.45, 7) is 7.80. The van der Waals surface area contributed by atoms with E-state index in [-0.39, 0.29) is 11.9 Å². The van der Waals surface area contributed by atoms with Gasteiger partial charge in [-0.1, -0.05) is 17.7 Å². The second-order valence-corrected chi connectivity index (χ2v) is 5.38. The van der Waals surface area contributed by atoms with Crippen LogP contribution in [-0.2, 0) is 4.74 Å². The van der Waals surface area contributed by atoms with E-state index in [0.717, 1.165) is 31.6 Å². The largest absolute Gasteiger partial charge is 0.379 e. The Morgan fingerprint density at radius 2 is 2.00 bits per heavy atom. The summed E-state index contributed by atoms with van der Waals surface area (Å²) in [5.41, 5.74) is 0.932. The summed E-state index contributed by atoms with van der Waals surface area (Å²) in [5, 5.41) is 3.86. The molecule has 2 nitrogen and oxygen atoms in total. The van der Waals surface area contributed by atoms with Crippen LogP contribution in [0.4, 0.5) is 4.39 Å². The lowest BCUT2D eigenvalue weighted by Gasteiger charge is -2.16. The van der Waals surface area contributed by atoms with E-state index >= 15 is 0 Å². The van der Waals surface area contributed by atoms with Gasteiger partial charge in [0.1, 0.15) is 5.82 Å². The molecule has 0 aromatic heterocycles. The number of rotatable bonds is 8. The maximum absolute atomic E-state index is 12.9. The lowest BCUT2D eigenvalue weighted by molar-refractivity contribution is 0.0759. The Labute approximate surface area is 120 Å². The molecule has 0 aliphatic rings. The smallest absolute Gasteiger partial charge is 0.124 e. The molecule has 1 N–H and O–H groups in total. The summed E-state index contributed by atoms with van der Waals surface area (Å²) >= 11 is 6.02. The van der Waals surface area contributed by atoms with Crippen LogP contribution in [-0.4, -0.2) is 19.3 Å². The van der Waals surface area contributed by atoms with Crippen LogP contribution in [0.3, 0.4) is 0 Å². The van der Waals surface area contributed by atoms with Crippen LogP contribution in [0.5, 0.6) is 0 Å². The average Bonchev–Trinajstić information content (AvgIpc) is 2.32. The molecule has 19 heavy (non-hydrogen) atoms. The first-order valence-electron chi connectivity index (χ1n) is 6.80. The molecular formula is C15H23ClFNO. The van der Waals surface area contributed by atoms with Crippen molar-refractivity contribution >= 4 is 11.6 Å². The second kappa shape index (κ2) is 8.51. The Hall–Kier alpha value is -0.640. The highest BCUT2D eigenvalue weighted by molar-refractivity contribution is 6.31. The third kappa shape index (κ3) is 6.37. The Balaban J connectivity index is 2.25. The Bertz CT molecular complexity index is 384. The van der Waals surface area contributed by atoms with Crippen LogP contribution in [0.25, 0.3) is 0 Å². The van der Waals surface area contributed by atoms with Gasteiger partial charge < -0.3 is 10.1 Å². The van der Waals surface area contributed by atoms with Crippen molar-refractivity contribution in [2.75, 3.05) is 13.2 Å². The van der Waals surface area contributed by atoms with E-state index in [2.05, 4.69) is 5.32 Å². The Morgan fingerprint density at radius 1 is 1.26 bits per heavy atom. The lowest BCUT2D eigenvalue weighted by atomic mass is 10.1. The summed E-state index contributed by atoms with van der Waals surface area (Å²) in [7, 11) is 0. The first-order chi connectivity index (χ1) is 9.00. The Kier molecular flexibility index (Phi) is 7.36. The minimum absolute atomic E-state index is 0.124. The van der Waals surface area contributed by atoms with Crippen LogP contribution >= 0.6 is 11.6 Å². The van der Waals surface area contributed by atoms with Gasteiger partial charge >= 0.3 is 0 Å². The monoisotopic (exact) mass is 287 g/mol. The number of ether oxygens (including phenoxy) is 1. The number of halogens is 2. The summed E-state index contributed by atoms with van der Waals surface area (Å²) in [5.74, 6) is -0.299. The number of benzene rings is 1. The van der Waals surface area contributed by atoms with Gasteiger partial charge in [-0.3, -0.25) is 0 Å². The summed E-state index contributed by atoms with van der Waals surface area (Å²) in [4.78, 5) is 0. The van der Waals surface area contributed by atoms with Gasteiger partial charge in [-0.25, -0.2) is 4.39 Å². The topological polar surface area (TPSA) is 21.3 Å². The maximum Gasteiger partial charge on any atom is 0.124 e. The van der Waals surface area contributed by atoms with Crippen LogP contribution in [0.15, 0.2) is 18.2 Å². The fourth-order valence-electron chi connectivity index (χ4n) is 1.83. The predicted octanol–water partition coefficient (Wildman–Crippen LogP) is 4.33. The van der Waals surface area contributed by atoms with E-state index < -0.39 is 0 Å². The molecule has 1 rings (SSSR count). The van der Waals surface area contributed by atoms with E-state index in [1.165, 1.54) is 12.1 Å². The number of nitrogens with one attached hydrogen (secondary N) is 1. The molecule has 0 fully saturated rings. The normalized spacial score (nSPS) is 12.9. The molecule has 0 amide bonds. The summed E-state index contributed by atoms with van der Waals surface area (Å²) in [6, 6.07) is 4.65. The van der Waals surface area contributed by atoms with Gasteiger partial charge in [0.05, 0.1) is 6.10 Å². The molecule has 0 bridgehead atoms. The van der Waals surface area contributed by atoms with Crippen LogP contribution in [0, 0.1) is 5.82 Å². The van der Waals surface area contributed by atoms with Gasteiger partial charge in [0.2, 0.25) is 0 Å². The van der Waals surface area contributed by atoms with Crippen molar-refractivity contribution in [1.29, 1.82) is 0 Å². The molecule has 1 atom stereocenters. The molecule has 0 aliphatic carbocycles. The van der Waals surface area contributed by atoms with Gasteiger partial charge in [0.15, 0.2) is 0 Å². The van der Waals surface area contributed by atoms with Crippen molar-refractivity contribution in [2.24, 2.45) is 0 Å². The lowest BCUT2D eigenvalue weighted by Crippen LogP contribution is -2.20. The van der Waals surface area contributed by atoms with E-state index in [1.807, 2.05) is 20.8 Å². The highest BCUT2D eigenvalue weighted by Crippen LogP contribution is 2.23. The van der Waals surface area contributed by atoms with Crippen molar-refractivity contribution in [3.8, 4) is 0 Å². The quantitative estimate of drug-likeness (QED) is 0.718. The second-order valence-electron chi connectivity index (χ2n) is 4.97. The number of hydrogen-bond donors (Lipinski definition) is 1. The van der Waals surface area contributed by atoms with Crippen LogP contribution in [0.1, 0.15) is 45.2 Å². The van der Waals surface area contributed by atoms with Crippen LogP contribution in [0.2, 0.25) is 5.02 Å². The fourth-order valence-corrected chi connectivity index (χ4v) is 2.16. The van der Waals surface area contributed by atoms with E-state index in [1.54, 1.807) is 6.07 Å². The first kappa shape index (κ1) is 16.4. The molecule has 0 aliphatic heterocycles. The fraction of sp³-hybridized carbons (Fsp3) is 0.600. The zero-order chi connectivity index (χ0) is 14.3. The average molecular weight is 288 g/mol. The molecule has 0 saturated heterocycles. The maximum atomic E-state index is 12.9. The summed E-state index contributed by atoms with van der Waals surface area (Å²) in [6.07, 6.45) is 2.38. The van der Waals surface area contributed by atoms with Crippen molar-refractivity contribution in [2.45, 2.75) is 45.8 Å². The molecule has 4 heteroatoms. The molecule has 0 saturated carbocycles. The third-order valence-electron chi connectivity index (χ3n) is 2.90. The molecule has 0 spiro atoms. The highest BCUT2D eigenvalue weighted by atomic mass is 35.5. The molecule has 0 radical (unpaired) electrons. The van der Waals surface area contributed by atoms with Gasteiger partial charge in [-0.15, -0.1) is 0 Å². The van der Waals surface area contributed by atoms with Gasteiger partial charge in [0, 0.05) is 17.7 Å². The SMILES string of the molecule is CC(C)OCCCCNC(C)c1ccc(F)cc1Cl. The Morgan fingerprint density at radius 3 is 2.63 bits per heavy atom. The van der Waals surface area contributed by atoms with E-state index in [9.17, 15) is 4.39 Å². The first-order valence-corrected chi connectivity index (χ1v) is 7.18. The van der Waals surface area contributed by atoms with Gasteiger partial charge in [0.25, 0.3) is 0 Å². The highest BCUT2D eigenvalue weighted by Gasteiger charge is 2.09. The number of hydrogen-bond acceptors (Lipinski definition) is 2. The predicted molar refractivity (Wildman–Crippen MR) is 78.1 cm³/mol. The zero-order valence-corrected chi connectivity index (χ0v) is 12.6. The van der Waals surface area contributed by atoms with Crippen molar-refractivity contribution in [3.05, 3.63) is 34.6 Å². The third-order valence-corrected chi connectivity index (χ3v) is 3.23. The van der Waals surface area contributed by atoms with E-state index in [0.29, 0.717) is 11.1 Å². The minimum Gasteiger partial charge on any atom is -0.379 e. The number of unbranched alkanes of at least 4 members (excludes halogenated alkanes) is 1. The van der Waals surface area contributed by atoms with Gasteiger partial charge in [-0.2, -0.15) is 0 Å².